The van der Waals surface area contributed by atoms with Crippen LogP contribution in [0.4, 0.5) is 8.78 Å². The predicted octanol–water partition coefficient (Wildman–Crippen LogP) is 2.27. The Morgan fingerprint density at radius 2 is 2.00 bits per heavy atom. The van der Waals surface area contributed by atoms with E-state index >= 15 is 0 Å². The average molecular weight is 215 g/mol. The second kappa shape index (κ2) is 2.98. The van der Waals surface area contributed by atoms with Gasteiger partial charge in [-0.1, -0.05) is 0 Å². The Bertz CT molecular complexity index is 484. The van der Waals surface area contributed by atoms with Crippen molar-refractivity contribution in [3.05, 3.63) is 28.8 Å². The minimum atomic E-state index is -1.29. The SMILES string of the molecule is O=C(O)c1nc2c(F)ccc(F)c2s1. The number of carboxylic acid groups (broad SMARTS) is 1. The molecule has 1 N–H and O–H groups in total. The number of hydrogen-bond donors (Lipinski definition) is 1. The third kappa shape index (κ3) is 1.24. The average Bonchev–Trinajstić information content (AvgIpc) is 2.57. The Hall–Kier alpha value is -1.56. The monoisotopic (exact) mass is 215 g/mol. The van der Waals surface area contributed by atoms with E-state index < -0.39 is 17.6 Å². The van der Waals surface area contributed by atoms with Gasteiger partial charge in [0.2, 0.25) is 5.01 Å². The summed E-state index contributed by atoms with van der Waals surface area (Å²) in [6, 6.07) is 1.87. The standard InChI is InChI=1S/C8H3F2NO2S/c9-3-1-2-4(10)6-5(3)11-7(14-6)8(12)13/h1-2H,(H,12,13). The summed E-state index contributed by atoms with van der Waals surface area (Å²) in [5.74, 6) is -2.67. The molecule has 14 heavy (non-hydrogen) atoms. The molecular formula is C8H3F2NO2S. The van der Waals surface area contributed by atoms with Gasteiger partial charge in [0.05, 0.1) is 4.70 Å². The second-order valence-electron chi connectivity index (χ2n) is 2.53. The number of hydrogen-bond acceptors (Lipinski definition) is 3. The van der Waals surface area contributed by atoms with E-state index in [4.69, 9.17) is 5.11 Å². The van der Waals surface area contributed by atoms with Gasteiger partial charge in [-0.05, 0) is 12.1 Å². The van der Waals surface area contributed by atoms with Gasteiger partial charge in [0.25, 0.3) is 0 Å². The Morgan fingerprint density at radius 1 is 1.36 bits per heavy atom. The highest BCUT2D eigenvalue weighted by atomic mass is 32.1. The van der Waals surface area contributed by atoms with Crippen molar-refractivity contribution < 1.29 is 18.7 Å². The van der Waals surface area contributed by atoms with E-state index in [1.165, 1.54) is 0 Å². The number of thiazole rings is 1. The summed E-state index contributed by atoms with van der Waals surface area (Å²) in [5, 5.41) is 8.25. The molecule has 2 rings (SSSR count). The Labute approximate surface area is 80.6 Å². The highest BCUT2D eigenvalue weighted by Crippen LogP contribution is 2.26. The maximum absolute atomic E-state index is 13.1. The van der Waals surface area contributed by atoms with Crippen LogP contribution in [-0.4, -0.2) is 16.1 Å². The summed E-state index contributed by atoms with van der Waals surface area (Å²) in [6.45, 7) is 0. The summed E-state index contributed by atoms with van der Waals surface area (Å²) >= 11 is 0.621. The van der Waals surface area contributed by atoms with Crippen LogP contribution in [0, 0.1) is 11.6 Å². The van der Waals surface area contributed by atoms with Crippen LogP contribution < -0.4 is 0 Å². The van der Waals surface area contributed by atoms with Crippen molar-refractivity contribution in [2.45, 2.75) is 0 Å². The van der Waals surface area contributed by atoms with Crippen LogP contribution in [0.15, 0.2) is 12.1 Å². The molecule has 0 fully saturated rings. The van der Waals surface area contributed by atoms with Crippen molar-refractivity contribution in [2.24, 2.45) is 0 Å². The molecule has 0 aliphatic rings. The van der Waals surface area contributed by atoms with Gasteiger partial charge in [0, 0.05) is 0 Å². The van der Waals surface area contributed by atoms with Crippen LogP contribution >= 0.6 is 11.3 Å². The molecule has 0 aliphatic heterocycles. The Balaban J connectivity index is 2.82. The second-order valence-corrected chi connectivity index (χ2v) is 3.53. The fourth-order valence-corrected chi connectivity index (χ4v) is 1.86. The maximum Gasteiger partial charge on any atom is 0.365 e. The third-order valence-electron chi connectivity index (χ3n) is 1.63. The molecule has 0 radical (unpaired) electrons. The number of rotatable bonds is 1. The van der Waals surface area contributed by atoms with E-state index in [1.54, 1.807) is 0 Å². The molecule has 0 spiro atoms. The van der Waals surface area contributed by atoms with Crippen LogP contribution in [-0.2, 0) is 0 Å². The van der Waals surface area contributed by atoms with Gasteiger partial charge in [-0.25, -0.2) is 18.6 Å². The quantitative estimate of drug-likeness (QED) is 0.793. The Kier molecular flexibility index (Phi) is 1.92. The molecule has 1 aromatic heterocycles. The van der Waals surface area contributed by atoms with Crippen molar-refractivity contribution >= 4 is 27.5 Å². The number of nitrogens with zero attached hydrogens (tertiary/aromatic N) is 1. The summed E-state index contributed by atoms with van der Waals surface area (Å²) < 4.78 is 26.0. The van der Waals surface area contributed by atoms with E-state index in [1.807, 2.05) is 0 Å². The van der Waals surface area contributed by atoms with Gasteiger partial charge < -0.3 is 5.11 Å². The highest BCUT2D eigenvalue weighted by molar-refractivity contribution is 7.20. The molecule has 3 nitrogen and oxygen atoms in total. The minimum absolute atomic E-state index is 0.0672. The molecule has 0 saturated heterocycles. The zero-order valence-electron chi connectivity index (χ0n) is 6.62. The van der Waals surface area contributed by atoms with Crippen molar-refractivity contribution in [1.29, 1.82) is 0 Å². The number of carboxylic acids is 1. The fraction of sp³-hybridized carbons (Fsp3) is 0. The minimum Gasteiger partial charge on any atom is -0.476 e. The van der Waals surface area contributed by atoms with Gasteiger partial charge in [0.15, 0.2) is 5.82 Å². The number of aromatic nitrogens is 1. The van der Waals surface area contributed by atoms with Crippen molar-refractivity contribution in [3.8, 4) is 0 Å². The van der Waals surface area contributed by atoms with Crippen LogP contribution in [0.1, 0.15) is 9.80 Å². The number of carbonyl (C=O) groups is 1. The van der Waals surface area contributed by atoms with Gasteiger partial charge in [-0.15, -0.1) is 11.3 Å². The van der Waals surface area contributed by atoms with Gasteiger partial charge in [-0.2, -0.15) is 0 Å². The lowest BCUT2D eigenvalue weighted by Gasteiger charge is -1.90. The third-order valence-corrected chi connectivity index (χ3v) is 2.68. The molecule has 0 bridgehead atoms. The molecule has 2 aromatic rings. The van der Waals surface area contributed by atoms with Crippen LogP contribution in [0.3, 0.4) is 0 Å². The Morgan fingerprint density at radius 3 is 2.57 bits per heavy atom. The number of benzene rings is 1. The first-order valence-corrected chi connectivity index (χ1v) is 4.39. The van der Waals surface area contributed by atoms with Crippen LogP contribution in [0.5, 0.6) is 0 Å². The van der Waals surface area contributed by atoms with E-state index in [-0.39, 0.29) is 15.2 Å². The van der Waals surface area contributed by atoms with Crippen molar-refractivity contribution in [1.82, 2.24) is 4.98 Å². The van der Waals surface area contributed by atoms with E-state index in [2.05, 4.69) is 4.98 Å². The molecule has 1 heterocycles. The molecule has 0 amide bonds. The van der Waals surface area contributed by atoms with Gasteiger partial charge >= 0.3 is 5.97 Å². The van der Waals surface area contributed by atoms with E-state index in [0.717, 1.165) is 12.1 Å². The first-order chi connectivity index (χ1) is 6.59. The number of halogens is 2. The zero-order valence-corrected chi connectivity index (χ0v) is 7.44. The summed E-state index contributed by atoms with van der Waals surface area (Å²) in [5.41, 5.74) is -0.229. The van der Waals surface area contributed by atoms with Gasteiger partial charge in [0.1, 0.15) is 11.3 Å². The maximum atomic E-state index is 13.1. The molecule has 0 aliphatic carbocycles. The number of aromatic carboxylic acids is 1. The lowest BCUT2D eigenvalue weighted by molar-refractivity contribution is 0.0696. The van der Waals surface area contributed by atoms with Crippen molar-refractivity contribution in [2.75, 3.05) is 0 Å². The molecule has 1 aromatic carbocycles. The smallest absolute Gasteiger partial charge is 0.365 e. The van der Waals surface area contributed by atoms with E-state index in [0.29, 0.717) is 11.3 Å². The summed E-state index contributed by atoms with van der Waals surface area (Å²) in [6.07, 6.45) is 0. The van der Waals surface area contributed by atoms with Crippen LogP contribution in [0.2, 0.25) is 0 Å². The van der Waals surface area contributed by atoms with E-state index in [9.17, 15) is 13.6 Å². The summed E-state index contributed by atoms with van der Waals surface area (Å²) in [4.78, 5) is 14.0. The highest BCUT2D eigenvalue weighted by Gasteiger charge is 2.15. The first kappa shape index (κ1) is 9.01. The topological polar surface area (TPSA) is 50.2 Å². The predicted molar refractivity (Wildman–Crippen MR) is 46.5 cm³/mol. The normalized spacial score (nSPS) is 10.7. The summed E-state index contributed by atoms with van der Waals surface area (Å²) in [7, 11) is 0. The zero-order chi connectivity index (χ0) is 10.3. The molecule has 6 heteroatoms. The number of fused-ring (bicyclic) bond motifs is 1. The fourth-order valence-electron chi connectivity index (χ4n) is 1.04. The molecule has 0 unspecified atom stereocenters. The lowest BCUT2D eigenvalue weighted by Crippen LogP contribution is -1.93. The van der Waals surface area contributed by atoms with Gasteiger partial charge in [-0.3, -0.25) is 0 Å². The molecule has 0 saturated carbocycles. The lowest BCUT2D eigenvalue weighted by atomic mass is 10.3. The molecule has 72 valence electrons. The first-order valence-electron chi connectivity index (χ1n) is 3.57. The van der Waals surface area contributed by atoms with Crippen molar-refractivity contribution in [3.63, 3.8) is 0 Å². The molecular weight excluding hydrogens is 212 g/mol. The molecule has 0 atom stereocenters. The largest absolute Gasteiger partial charge is 0.476 e. The van der Waals surface area contributed by atoms with Crippen LogP contribution in [0.25, 0.3) is 10.2 Å².